The highest BCUT2D eigenvalue weighted by molar-refractivity contribution is 7.71. The standard InChI is InChI=1S/C14H24N4S/c1-5-7-8-9-10(3)18-13-12(15-14(18)19)11(4)16-17(13)6-2/h10H,5-9H2,1-4H3,(H,15,19). The summed E-state index contributed by atoms with van der Waals surface area (Å²) < 4.78 is 5.11. The molecule has 0 spiro atoms. The van der Waals surface area contributed by atoms with E-state index in [1.54, 1.807) is 0 Å². The molecule has 1 atom stereocenters. The zero-order valence-corrected chi connectivity index (χ0v) is 13.2. The van der Waals surface area contributed by atoms with Gasteiger partial charge >= 0.3 is 0 Å². The van der Waals surface area contributed by atoms with E-state index in [2.05, 4.69) is 35.4 Å². The van der Waals surface area contributed by atoms with Crippen LogP contribution in [0.15, 0.2) is 0 Å². The first-order chi connectivity index (χ1) is 9.10. The van der Waals surface area contributed by atoms with Crippen molar-refractivity contribution in [3.8, 4) is 0 Å². The smallest absolute Gasteiger partial charge is 0.179 e. The van der Waals surface area contributed by atoms with Gasteiger partial charge in [0, 0.05) is 12.6 Å². The molecule has 2 heterocycles. The van der Waals surface area contributed by atoms with Gasteiger partial charge in [0.1, 0.15) is 5.52 Å². The Morgan fingerprint density at radius 1 is 1.32 bits per heavy atom. The largest absolute Gasteiger partial charge is 0.328 e. The SMILES string of the molecule is CCCCCC(C)n1c(=S)[nH]c2c(C)nn(CC)c21. The summed E-state index contributed by atoms with van der Waals surface area (Å²) >= 11 is 5.50. The van der Waals surface area contributed by atoms with Crippen molar-refractivity contribution in [2.45, 2.75) is 66.0 Å². The summed E-state index contributed by atoms with van der Waals surface area (Å²) in [6.07, 6.45) is 4.97. The van der Waals surface area contributed by atoms with Crippen molar-refractivity contribution in [1.29, 1.82) is 0 Å². The number of hydrogen-bond donors (Lipinski definition) is 1. The molecule has 0 aliphatic heterocycles. The van der Waals surface area contributed by atoms with E-state index < -0.39 is 0 Å². The third kappa shape index (κ3) is 2.61. The first kappa shape index (κ1) is 14.3. The molecular weight excluding hydrogens is 256 g/mol. The van der Waals surface area contributed by atoms with Gasteiger partial charge in [0.2, 0.25) is 0 Å². The highest BCUT2D eigenvalue weighted by Crippen LogP contribution is 2.24. The van der Waals surface area contributed by atoms with Crippen LogP contribution in [-0.2, 0) is 6.54 Å². The second-order valence-electron chi connectivity index (χ2n) is 5.24. The Labute approximate surface area is 119 Å². The molecule has 2 aromatic heterocycles. The summed E-state index contributed by atoms with van der Waals surface area (Å²) in [7, 11) is 0. The molecule has 0 radical (unpaired) electrons. The topological polar surface area (TPSA) is 38.5 Å². The molecule has 1 unspecified atom stereocenters. The molecule has 0 amide bonds. The monoisotopic (exact) mass is 280 g/mol. The molecule has 0 fully saturated rings. The Hall–Kier alpha value is -1.10. The van der Waals surface area contributed by atoms with E-state index in [9.17, 15) is 0 Å². The summed E-state index contributed by atoms with van der Waals surface area (Å²) in [6.45, 7) is 9.51. The van der Waals surface area contributed by atoms with E-state index in [0.717, 1.165) is 28.2 Å². The molecule has 0 saturated heterocycles. The molecular formula is C14H24N4S. The Bertz CT molecular complexity index is 605. The minimum Gasteiger partial charge on any atom is -0.328 e. The normalized spacial score (nSPS) is 13.3. The molecule has 0 aliphatic rings. The quantitative estimate of drug-likeness (QED) is 0.630. The van der Waals surface area contributed by atoms with E-state index in [0.29, 0.717) is 6.04 Å². The number of H-pyrrole nitrogens is 1. The minimum atomic E-state index is 0.425. The van der Waals surface area contributed by atoms with Crippen LogP contribution in [0.1, 0.15) is 58.2 Å². The maximum absolute atomic E-state index is 5.50. The van der Waals surface area contributed by atoms with E-state index in [-0.39, 0.29) is 0 Å². The molecule has 5 heteroatoms. The Morgan fingerprint density at radius 3 is 2.68 bits per heavy atom. The van der Waals surface area contributed by atoms with Gasteiger partial charge in [0.05, 0.1) is 5.69 Å². The lowest BCUT2D eigenvalue weighted by molar-refractivity contribution is 0.472. The predicted molar refractivity (Wildman–Crippen MR) is 82.2 cm³/mol. The molecule has 0 aromatic carbocycles. The van der Waals surface area contributed by atoms with Crippen LogP contribution in [-0.4, -0.2) is 19.3 Å². The van der Waals surface area contributed by atoms with Gasteiger partial charge in [-0.25, -0.2) is 4.68 Å². The zero-order chi connectivity index (χ0) is 14.0. The van der Waals surface area contributed by atoms with Crippen LogP contribution in [0.2, 0.25) is 0 Å². The van der Waals surface area contributed by atoms with Gasteiger partial charge in [0.25, 0.3) is 0 Å². The number of unbranched alkanes of at least 4 members (excludes halogenated alkanes) is 2. The maximum atomic E-state index is 5.50. The zero-order valence-electron chi connectivity index (χ0n) is 12.4. The number of rotatable bonds is 6. The Kier molecular flexibility index (Phi) is 4.45. The molecule has 2 rings (SSSR count). The van der Waals surface area contributed by atoms with Crippen molar-refractivity contribution in [2.24, 2.45) is 0 Å². The average Bonchev–Trinajstić information content (AvgIpc) is 2.87. The number of imidazole rings is 1. The van der Waals surface area contributed by atoms with Gasteiger partial charge in [-0.3, -0.25) is 4.57 Å². The van der Waals surface area contributed by atoms with E-state index in [1.165, 1.54) is 25.7 Å². The number of hydrogen-bond acceptors (Lipinski definition) is 2. The van der Waals surface area contributed by atoms with Crippen molar-refractivity contribution in [2.75, 3.05) is 0 Å². The minimum absolute atomic E-state index is 0.425. The maximum Gasteiger partial charge on any atom is 0.179 e. The van der Waals surface area contributed by atoms with Gasteiger partial charge in [-0.1, -0.05) is 26.2 Å². The molecule has 0 bridgehead atoms. The second-order valence-corrected chi connectivity index (χ2v) is 5.63. The highest BCUT2D eigenvalue weighted by Gasteiger charge is 2.17. The fourth-order valence-electron chi connectivity index (χ4n) is 2.67. The van der Waals surface area contributed by atoms with Crippen LogP contribution in [0.4, 0.5) is 0 Å². The predicted octanol–water partition coefficient (Wildman–Crippen LogP) is 4.37. The van der Waals surface area contributed by atoms with Gasteiger partial charge < -0.3 is 4.98 Å². The summed E-state index contributed by atoms with van der Waals surface area (Å²) in [6, 6.07) is 0.425. The van der Waals surface area contributed by atoms with Gasteiger partial charge in [-0.15, -0.1) is 0 Å². The fourth-order valence-corrected chi connectivity index (χ4v) is 3.04. The van der Waals surface area contributed by atoms with Crippen LogP contribution in [0.5, 0.6) is 0 Å². The third-order valence-corrected chi connectivity index (χ3v) is 4.04. The summed E-state index contributed by atoms with van der Waals surface area (Å²) in [4.78, 5) is 3.32. The summed E-state index contributed by atoms with van der Waals surface area (Å²) in [5, 5.41) is 4.57. The summed E-state index contributed by atoms with van der Waals surface area (Å²) in [5.41, 5.74) is 3.27. The highest BCUT2D eigenvalue weighted by atomic mass is 32.1. The molecule has 2 aromatic rings. The average molecular weight is 280 g/mol. The van der Waals surface area contributed by atoms with Gasteiger partial charge in [-0.05, 0) is 39.4 Å². The number of aromatic nitrogens is 4. The fraction of sp³-hybridized carbons (Fsp3) is 0.714. The molecule has 1 N–H and O–H groups in total. The molecule has 0 saturated carbocycles. The third-order valence-electron chi connectivity index (χ3n) is 3.75. The number of aryl methyl sites for hydroxylation is 2. The molecule has 4 nitrogen and oxygen atoms in total. The van der Waals surface area contributed by atoms with Crippen LogP contribution >= 0.6 is 12.2 Å². The lowest BCUT2D eigenvalue weighted by Gasteiger charge is -2.14. The second kappa shape index (κ2) is 5.90. The van der Waals surface area contributed by atoms with Crippen molar-refractivity contribution < 1.29 is 0 Å². The molecule has 106 valence electrons. The van der Waals surface area contributed by atoms with Crippen molar-refractivity contribution in [1.82, 2.24) is 19.3 Å². The lowest BCUT2D eigenvalue weighted by Crippen LogP contribution is -2.09. The summed E-state index contributed by atoms with van der Waals surface area (Å²) in [5.74, 6) is 0. The van der Waals surface area contributed by atoms with E-state index in [1.807, 2.05) is 11.6 Å². The van der Waals surface area contributed by atoms with Crippen molar-refractivity contribution in [3.63, 3.8) is 0 Å². The van der Waals surface area contributed by atoms with Crippen LogP contribution < -0.4 is 0 Å². The van der Waals surface area contributed by atoms with E-state index >= 15 is 0 Å². The molecule has 19 heavy (non-hydrogen) atoms. The van der Waals surface area contributed by atoms with Gasteiger partial charge in [0.15, 0.2) is 10.4 Å². The number of nitrogens with zero attached hydrogens (tertiary/aromatic N) is 3. The van der Waals surface area contributed by atoms with Crippen LogP contribution in [0, 0.1) is 11.7 Å². The number of aromatic amines is 1. The Balaban J connectivity index is 2.41. The van der Waals surface area contributed by atoms with E-state index in [4.69, 9.17) is 12.2 Å². The van der Waals surface area contributed by atoms with Crippen LogP contribution in [0.25, 0.3) is 11.2 Å². The first-order valence-corrected chi connectivity index (χ1v) is 7.68. The molecule has 0 aliphatic carbocycles. The lowest BCUT2D eigenvalue weighted by atomic mass is 10.1. The Morgan fingerprint density at radius 2 is 2.05 bits per heavy atom. The van der Waals surface area contributed by atoms with Crippen LogP contribution in [0.3, 0.4) is 0 Å². The van der Waals surface area contributed by atoms with Crippen molar-refractivity contribution >= 4 is 23.4 Å². The number of nitrogens with one attached hydrogen (secondary N) is 1. The first-order valence-electron chi connectivity index (χ1n) is 7.27. The van der Waals surface area contributed by atoms with Crippen molar-refractivity contribution in [3.05, 3.63) is 10.5 Å². The number of fused-ring (bicyclic) bond motifs is 1. The van der Waals surface area contributed by atoms with Gasteiger partial charge in [-0.2, -0.15) is 5.10 Å².